The summed E-state index contributed by atoms with van der Waals surface area (Å²) in [6.07, 6.45) is 16.2. The third-order valence-electron chi connectivity index (χ3n) is 5.16. The molecule has 0 aromatic heterocycles. The Morgan fingerprint density at radius 1 is 1.00 bits per heavy atom. The lowest BCUT2D eigenvalue weighted by Crippen LogP contribution is -1.99. The maximum absolute atomic E-state index is 2.48. The molecule has 0 bridgehead atoms. The van der Waals surface area contributed by atoms with Gasteiger partial charge in [0.15, 0.2) is 0 Å². The number of unbranched alkanes of at least 4 members (excludes halogenated alkanes) is 2. The van der Waals surface area contributed by atoms with E-state index in [0.717, 1.165) is 12.8 Å². The summed E-state index contributed by atoms with van der Waals surface area (Å²) in [5.41, 5.74) is 8.73. The fourth-order valence-electron chi connectivity index (χ4n) is 3.96. The molecule has 0 heteroatoms. The molecule has 0 radical (unpaired) electrons. The van der Waals surface area contributed by atoms with Crippen LogP contribution in [-0.4, -0.2) is 0 Å². The molecular weight excluding hydrogens is 288 g/mol. The van der Waals surface area contributed by atoms with Crippen LogP contribution in [0.5, 0.6) is 0 Å². The van der Waals surface area contributed by atoms with Crippen LogP contribution in [0.4, 0.5) is 0 Å². The zero-order valence-corrected chi connectivity index (χ0v) is 14.3. The average molecular weight is 312 g/mol. The van der Waals surface area contributed by atoms with Crippen LogP contribution in [0, 0.1) is 5.92 Å². The summed E-state index contributed by atoms with van der Waals surface area (Å²) in [7, 11) is 0. The Bertz CT molecular complexity index is 821. The maximum Gasteiger partial charge on any atom is 0.0207 e. The van der Waals surface area contributed by atoms with Gasteiger partial charge in [-0.25, -0.2) is 0 Å². The fourth-order valence-corrected chi connectivity index (χ4v) is 3.96. The average Bonchev–Trinajstić information content (AvgIpc) is 3.26. The molecule has 0 aliphatic heterocycles. The number of fused-ring (bicyclic) bond motifs is 3. The van der Waals surface area contributed by atoms with Crippen molar-refractivity contribution in [2.24, 2.45) is 5.92 Å². The Kier molecular flexibility index (Phi) is 4.21. The van der Waals surface area contributed by atoms with Gasteiger partial charge >= 0.3 is 0 Å². The van der Waals surface area contributed by atoms with Crippen molar-refractivity contribution < 1.29 is 0 Å². The summed E-state index contributed by atoms with van der Waals surface area (Å²) in [4.78, 5) is 0. The van der Waals surface area contributed by atoms with Crippen LogP contribution in [-0.2, 0) is 6.42 Å². The predicted molar refractivity (Wildman–Crippen MR) is 104 cm³/mol. The van der Waals surface area contributed by atoms with Crippen LogP contribution < -0.4 is 0 Å². The molecule has 120 valence electrons. The van der Waals surface area contributed by atoms with Gasteiger partial charge in [-0.3, -0.25) is 0 Å². The van der Waals surface area contributed by atoms with Gasteiger partial charge in [0.2, 0.25) is 0 Å². The summed E-state index contributed by atoms with van der Waals surface area (Å²) in [5, 5.41) is 0. The van der Waals surface area contributed by atoms with Crippen molar-refractivity contribution in [3.05, 3.63) is 89.5 Å². The van der Waals surface area contributed by atoms with E-state index in [9.17, 15) is 0 Å². The molecule has 0 N–H and O–H groups in total. The summed E-state index contributed by atoms with van der Waals surface area (Å²) in [6, 6.07) is 15.7. The molecule has 0 amide bonds. The molecule has 0 spiro atoms. The molecule has 0 saturated carbocycles. The molecule has 24 heavy (non-hydrogen) atoms. The molecule has 0 atom stereocenters. The normalized spacial score (nSPS) is 15.8. The smallest absolute Gasteiger partial charge is 0.0207 e. The Balaban J connectivity index is 1.83. The minimum absolute atomic E-state index is 0.418. The second-order valence-corrected chi connectivity index (χ2v) is 6.77. The highest BCUT2D eigenvalue weighted by molar-refractivity contribution is 5.89. The van der Waals surface area contributed by atoms with Crippen LogP contribution in [0.2, 0.25) is 0 Å². The third-order valence-corrected chi connectivity index (χ3v) is 5.16. The summed E-state index contributed by atoms with van der Waals surface area (Å²) in [5.74, 6) is 0.418. The van der Waals surface area contributed by atoms with Crippen molar-refractivity contribution in [3.8, 4) is 11.1 Å². The minimum Gasteiger partial charge on any atom is -0.0798 e. The highest BCUT2D eigenvalue weighted by Crippen LogP contribution is 2.43. The molecule has 2 aliphatic rings. The number of hydrogen-bond acceptors (Lipinski definition) is 0. The van der Waals surface area contributed by atoms with E-state index in [2.05, 4.69) is 79.8 Å². The number of allylic oxidation sites excluding steroid dienone is 6. The lowest BCUT2D eigenvalue weighted by Gasteiger charge is -2.17. The van der Waals surface area contributed by atoms with Crippen LogP contribution in [0.3, 0.4) is 0 Å². The van der Waals surface area contributed by atoms with E-state index in [-0.39, 0.29) is 0 Å². The largest absolute Gasteiger partial charge is 0.0798 e. The zero-order valence-electron chi connectivity index (χ0n) is 14.3. The van der Waals surface area contributed by atoms with Crippen LogP contribution in [0.25, 0.3) is 16.7 Å². The van der Waals surface area contributed by atoms with Gasteiger partial charge in [0, 0.05) is 5.92 Å². The van der Waals surface area contributed by atoms with E-state index in [1.165, 1.54) is 46.2 Å². The van der Waals surface area contributed by atoms with E-state index in [1.54, 1.807) is 0 Å². The molecule has 2 aliphatic carbocycles. The monoisotopic (exact) mass is 312 g/mol. The minimum atomic E-state index is 0.418. The van der Waals surface area contributed by atoms with Gasteiger partial charge in [-0.1, -0.05) is 92.6 Å². The Labute approximate surface area is 145 Å². The predicted octanol–water partition coefficient (Wildman–Crippen LogP) is 6.57. The summed E-state index contributed by atoms with van der Waals surface area (Å²) in [6.45, 7) is 2.26. The maximum atomic E-state index is 2.48. The van der Waals surface area contributed by atoms with Gasteiger partial charge in [0.25, 0.3) is 0 Å². The molecular formula is C24H24. The number of benzene rings is 2. The first-order chi connectivity index (χ1) is 11.9. The molecule has 0 heterocycles. The lowest BCUT2D eigenvalue weighted by atomic mass is 9.86. The zero-order chi connectivity index (χ0) is 16.4. The van der Waals surface area contributed by atoms with E-state index in [4.69, 9.17) is 0 Å². The first-order valence-electron chi connectivity index (χ1n) is 9.14. The Morgan fingerprint density at radius 2 is 1.79 bits per heavy atom. The van der Waals surface area contributed by atoms with Crippen LogP contribution >= 0.6 is 0 Å². The molecule has 0 fully saturated rings. The Hall–Kier alpha value is -2.34. The van der Waals surface area contributed by atoms with Gasteiger partial charge in [0.1, 0.15) is 0 Å². The standard InChI is InChI=1S/C24H24/c1-2-3-4-14-21(18-10-5-6-11-18)23-16-9-13-20-17-19-12-7-8-15-22(19)24(20)23/h5-16,18H,2-4,17H2,1H3. The van der Waals surface area contributed by atoms with Crippen molar-refractivity contribution in [3.63, 3.8) is 0 Å². The molecule has 2 aromatic rings. The van der Waals surface area contributed by atoms with Gasteiger partial charge in [-0.05, 0) is 46.2 Å². The quantitative estimate of drug-likeness (QED) is 0.467. The molecule has 4 rings (SSSR count). The van der Waals surface area contributed by atoms with Crippen molar-refractivity contribution in [1.29, 1.82) is 0 Å². The van der Waals surface area contributed by atoms with E-state index < -0.39 is 0 Å². The number of rotatable bonds is 5. The second-order valence-electron chi connectivity index (χ2n) is 6.77. The van der Waals surface area contributed by atoms with Crippen LogP contribution in [0.1, 0.15) is 42.9 Å². The molecule has 0 nitrogen and oxygen atoms in total. The first kappa shape index (κ1) is 15.2. The van der Waals surface area contributed by atoms with Crippen molar-refractivity contribution in [1.82, 2.24) is 0 Å². The van der Waals surface area contributed by atoms with Crippen LogP contribution in [0.15, 0.2) is 72.8 Å². The van der Waals surface area contributed by atoms with Crippen molar-refractivity contribution >= 4 is 5.57 Å². The lowest BCUT2D eigenvalue weighted by molar-refractivity contribution is 0.813. The topological polar surface area (TPSA) is 0 Å². The fraction of sp³-hybridized carbons (Fsp3) is 0.250. The van der Waals surface area contributed by atoms with Gasteiger partial charge in [0.05, 0.1) is 0 Å². The third kappa shape index (κ3) is 2.67. The van der Waals surface area contributed by atoms with Gasteiger partial charge in [-0.2, -0.15) is 0 Å². The first-order valence-corrected chi connectivity index (χ1v) is 9.14. The highest BCUT2D eigenvalue weighted by Gasteiger charge is 2.24. The van der Waals surface area contributed by atoms with E-state index in [1.807, 2.05) is 0 Å². The van der Waals surface area contributed by atoms with E-state index in [0.29, 0.717) is 5.92 Å². The van der Waals surface area contributed by atoms with E-state index >= 15 is 0 Å². The van der Waals surface area contributed by atoms with Gasteiger partial charge < -0.3 is 0 Å². The SMILES string of the molecule is CCCCC=C(c1cccc2c1-c1ccccc1C2)C1C=CC=C1. The highest BCUT2D eigenvalue weighted by atomic mass is 14.3. The van der Waals surface area contributed by atoms with Gasteiger partial charge in [-0.15, -0.1) is 0 Å². The molecule has 2 aromatic carbocycles. The molecule has 0 saturated heterocycles. The number of hydrogen-bond donors (Lipinski definition) is 0. The molecule has 0 unspecified atom stereocenters. The Morgan fingerprint density at radius 3 is 2.62 bits per heavy atom. The van der Waals surface area contributed by atoms with Crippen molar-refractivity contribution in [2.45, 2.75) is 32.6 Å². The second kappa shape index (κ2) is 6.65. The van der Waals surface area contributed by atoms with Crippen molar-refractivity contribution in [2.75, 3.05) is 0 Å². The summed E-state index contributed by atoms with van der Waals surface area (Å²) < 4.78 is 0. The summed E-state index contributed by atoms with van der Waals surface area (Å²) >= 11 is 0.